The van der Waals surface area contributed by atoms with E-state index in [1.807, 2.05) is 0 Å². The van der Waals surface area contributed by atoms with Crippen molar-refractivity contribution in [2.75, 3.05) is 27.2 Å². The standard InChI is InChI=1S/C12H24N4O2/c1-16(2)12(18)14-9-8-13-11(17)15-10-6-4-3-5-7-10/h10H,3-9H2,1-2H3,(H,14,18)(H2,13,15,17). The van der Waals surface area contributed by atoms with Crippen molar-refractivity contribution in [3.05, 3.63) is 0 Å². The van der Waals surface area contributed by atoms with Gasteiger partial charge < -0.3 is 20.9 Å². The lowest BCUT2D eigenvalue weighted by molar-refractivity contribution is 0.216. The summed E-state index contributed by atoms with van der Waals surface area (Å²) in [6.07, 6.45) is 5.82. The topological polar surface area (TPSA) is 73.5 Å². The van der Waals surface area contributed by atoms with Gasteiger partial charge >= 0.3 is 12.1 Å². The largest absolute Gasteiger partial charge is 0.336 e. The molecule has 3 N–H and O–H groups in total. The van der Waals surface area contributed by atoms with Crippen LogP contribution in [0, 0.1) is 0 Å². The summed E-state index contributed by atoms with van der Waals surface area (Å²) in [6.45, 7) is 0.882. The predicted octanol–water partition coefficient (Wildman–Crippen LogP) is 0.890. The zero-order chi connectivity index (χ0) is 13.4. The molecule has 0 radical (unpaired) electrons. The Balaban J connectivity index is 2.04. The molecular weight excluding hydrogens is 232 g/mol. The van der Waals surface area contributed by atoms with Crippen LogP contribution in [0.4, 0.5) is 9.59 Å². The summed E-state index contributed by atoms with van der Waals surface area (Å²) in [5.74, 6) is 0. The highest BCUT2D eigenvalue weighted by molar-refractivity contribution is 5.75. The Morgan fingerprint density at radius 3 is 2.28 bits per heavy atom. The number of nitrogens with zero attached hydrogens (tertiary/aromatic N) is 1. The van der Waals surface area contributed by atoms with E-state index in [0.717, 1.165) is 12.8 Å². The van der Waals surface area contributed by atoms with Crippen molar-refractivity contribution < 1.29 is 9.59 Å². The SMILES string of the molecule is CN(C)C(=O)NCCNC(=O)NC1CCCCC1. The molecule has 1 aliphatic carbocycles. The number of rotatable bonds is 4. The molecule has 0 spiro atoms. The van der Waals surface area contributed by atoms with Gasteiger partial charge in [0, 0.05) is 33.2 Å². The number of amides is 4. The van der Waals surface area contributed by atoms with Crippen LogP contribution in [-0.4, -0.2) is 50.2 Å². The minimum atomic E-state index is -0.149. The molecule has 1 fully saturated rings. The van der Waals surface area contributed by atoms with Crippen LogP contribution in [0.2, 0.25) is 0 Å². The van der Waals surface area contributed by atoms with E-state index in [0.29, 0.717) is 19.1 Å². The van der Waals surface area contributed by atoms with E-state index in [9.17, 15) is 9.59 Å². The van der Waals surface area contributed by atoms with E-state index in [1.54, 1.807) is 14.1 Å². The van der Waals surface area contributed by atoms with Crippen LogP contribution in [-0.2, 0) is 0 Å². The average molecular weight is 256 g/mol. The zero-order valence-electron chi connectivity index (χ0n) is 11.3. The van der Waals surface area contributed by atoms with Gasteiger partial charge in [-0.05, 0) is 12.8 Å². The van der Waals surface area contributed by atoms with Crippen LogP contribution in [0.1, 0.15) is 32.1 Å². The van der Waals surface area contributed by atoms with Gasteiger partial charge in [-0.2, -0.15) is 0 Å². The van der Waals surface area contributed by atoms with Gasteiger partial charge in [-0.1, -0.05) is 19.3 Å². The number of nitrogens with one attached hydrogen (secondary N) is 3. The third kappa shape index (κ3) is 5.75. The Hall–Kier alpha value is -1.46. The maximum Gasteiger partial charge on any atom is 0.316 e. The zero-order valence-corrected chi connectivity index (χ0v) is 11.3. The number of carbonyl (C=O) groups is 2. The Bertz CT molecular complexity index is 275. The summed E-state index contributed by atoms with van der Waals surface area (Å²) in [5, 5.41) is 8.38. The van der Waals surface area contributed by atoms with Gasteiger partial charge in [0.2, 0.25) is 0 Å². The summed E-state index contributed by atoms with van der Waals surface area (Å²) in [7, 11) is 3.36. The van der Waals surface area contributed by atoms with Gasteiger partial charge in [-0.25, -0.2) is 9.59 Å². The van der Waals surface area contributed by atoms with Crippen molar-refractivity contribution in [1.29, 1.82) is 0 Å². The quantitative estimate of drug-likeness (QED) is 0.654. The molecule has 18 heavy (non-hydrogen) atoms. The number of urea groups is 2. The second kappa shape index (κ2) is 7.79. The van der Waals surface area contributed by atoms with Crippen LogP contribution in [0.5, 0.6) is 0 Å². The summed E-state index contributed by atoms with van der Waals surface area (Å²) >= 11 is 0. The van der Waals surface area contributed by atoms with Gasteiger partial charge in [-0.15, -0.1) is 0 Å². The number of hydrogen-bond acceptors (Lipinski definition) is 2. The summed E-state index contributed by atoms with van der Waals surface area (Å²) in [5.41, 5.74) is 0. The average Bonchev–Trinajstić information content (AvgIpc) is 2.35. The van der Waals surface area contributed by atoms with Crippen molar-refractivity contribution in [3.63, 3.8) is 0 Å². The van der Waals surface area contributed by atoms with E-state index in [2.05, 4.69) is 16.0 Å². The monoisotopic (exact) mass is 256 g/mol. The highest BCUT2D eigenvalue weighted by Crippen LogP contribution is 2.16. The third-order valence-corrected chi connectivity index (χ3v) is 3.03. The van der Waals surface area contributed by atoms with E-state index in [-0.39, 0.29) is 12.1 Å². The smallest absolute Gasteiger partial charge is 0.316 e. The molecule has 0 unspecified atom stereocenters. The summed E-state index contributed by atoms with van der Waals surface area (Å²) < 4.78 is 0. The highest BCUT2D eigenvalue weighted by atomic mass is 16.2. The lowest BCUT2D eigenvalue weighted by atomic mass is 9.96. The van der Waals surface area contributed by atoms with E-state index in [4.69, 9.17) is 0 Å². The molecule has 6 heteroatoms. The molecule has 1 aliphatic rings. The third-order valence-electron chi connectivity index (χ3n) is 3.03. The Morgan fingerprint density at radius 1 is 1.06 bits per heavy atom. The molecule has 0 aromatic rings. The molecule has 0 aromatic carbocycles. The molecule has 0 aliphatic heterocycles. The number of hydrogen-bond donors (Lipinski definition) is 3. The fraction of sp³-hybridized carbons (Fsp3) is 0.833. The first-order valence-corrected chi connectivity index (χ1v) is 6.59. The Kier molecular flexibility index (Phi) is 6.32. The van der Waals surface area contributed by atoms with Crippen LogP contribution in [0.15, 0.2) is 0 Å². The van der Waals surface area contributed by atoms with Gasteiger partial charge in [0.1, 0.15) is 0 Å². The van der Waals surface area contributed by atoms with Crippen molar-refractivity contribution in [3.8, 4) is 0 Å². The molecule has 4 amide bonds. The van der Waals surface area contributed by atoms with Crippen LogP contribution in [0.3, 0.4) is 0 Å². The maximum absolute atomic E-state index is 11.5. The Morgan fingerprint density at radius 2 is 1.67 bits per heavy atom. The summed E-state index contributed by atoms with van der Waals surface area (Å²) in [4.78, 5) is 24.2. The molecule has 0 bridgehead atoms. The fourth-order valence-electron chi connectivity index (χ4n) is 1.99. The first-order chi connectivity index (χ1) is 8.59. The summed E-state index contributed by atoms with van der Waals surface area (Å²) in [6, 6.07) is 0.0283. The maximum atomic E-state index is 11.5. The highest BCUT2D eigenvalue weighted by Gasteiger charge is 2.15. The number of carbonyl (C=O) groups excluding carboxylic acids is 2. The van der Waals surface area contributed by atoms with Gasteiger partial charge in [0.05, 0.1) is 0 Å². The van der Waals surface area contributed by atoms with Crippen LogP contribution >= 0.6 is 0 Å². The molecule has 1 rings (SSSR count). The Labute approximate surface area is 108 Å². The second-order valence-electron chi connectivity index (χ2n) is 4.86. The van der Waals surface area contributed by atoms with E-state index < -0.39 is 0 Å². The second-order valence-corrected chi connectivity index (χ2v) is 4.86. The molecule has 104 valence electrons. The lowest BCUT2D eigenvalue weighted by Gasteiger charge is -2.22. The molecule has 6 nitrogen and oxygen atoms in total. The molecular formula is C12H24N4O2. The normalized spacial score (nSPS) is 15.9. The van der Waals surface area contributed by atoms with Crippen LogP contribution in [0.25, 0.3) is 0 Å². The molecule has 0 saturated heterocycles. The molecule has 0 aromatic heterocycles. The van der Waals surface area contributed by atoms with Gasteiger partial charge in [0.15, 0.2) is 0 Å². The lowest BCUT2D eigenvalue weighted by Crippen LogP contribution is -2.46. The van der Waals surface area contributed by atoms with E-state index in [1.165, 1.54) is 24.2 Å². The van der Waals surface area contributed by atoms with E-state index >= 15 is 0 Å². The minimum Gasteiger partial charge on any atom is -0.336 e. The van der Waals surface area contributed by atoms with Crippen LogP contribution < -0.4 is 16.0 Å². The molecule has 1 saturated carbocycles. The van der Waals surface area contributed by atoms with Crippen molar-refractivity contribution in [2.45, 2.75) is 38.1 Å². The minimum absolute atomic E-state index is 0.138. The van der Waals surface area contributed by atoms with Gasteiger partial charge in [-0.3, -0.25) is 0 Å². The van der Waals surface area contributed by atoms with Crippen molar-refractivity contribution >= 4 is 12.1 Å². The first kappa shape index (κ1) is 14.6. The first-order valence-electron chi connectivity index (χ1n) is 6.59. The van der Waals surface area contributed by atoms with Gasteiger partial charge in [0.25, 0.3) is 0 Å². The molecule has 0 heterocycles. The molecule has 0 atom stereocenters. The van der Waals surface area contributed by atoms with Crippen molar-refractivity contribution in [2.24, 2.45) is 0 Å². The predicted molar refractivity (Wildman–Crippen MR) is 70.5 cm³/mol. The fourth-order valence-corrected chi connectivity index (χ4v) is 1.99. The van der Waals surface area contributed by atoms with Crippen molar-refractivity contribution in [1.82, 2.24) is 20.9 Å².